The normalized spacial score (nSPS) is 13.7. The lowest BCUT2D eigenvalue weighted by Gasteiger charge is -2.09. The largest absolute Gasteiger partial charge is 0.382 e. The van der Waals surface area contributed by atoms with Crippen molar-refractivity contribution in [3.63, 3.8) is 0 Å². The van der Waals surface area contributed by atoms with Crippen LogP contribution in [0.5, 0.6) is 0 Å². The highest BCUT2D eigenvalue weighted by atomic mass is 35.5. The van der Waals surface area contributed by atoms with E-state index in [1.807, 2.05) is 24.3 Å². The number of halogens is 3. The lowest BCUT2D eigenvalue weighted by Crippen LogP contribution is -2.05. The van der Waals surface area contributed by atoms with Gasteiger partial charge in [0.2, 0.25) is 44.5 Å². The first-order chi connectivity index (χ1) is 46.8. The van der Waals surface area contributed by atoms with Crippen molar-refractivity contribution < 1.29 is 19.7 Å². The zero-order valence-corrected chi connectivity index (χ0v) is 51.8. The van der Waals surface area contributed by atoms with Gasteiger partial charge in [0.15, 0.2) is 17.5 Å². The van der Waals surface area contributed by atoms with E-state index in [-0.39, 0.29) is 72.7 Å². The Morgan fingerprint density at radius 1 is 0.392 bits per heavy atom. The summed E-state index contributed by atoms with van der Waals surface area (Å²) in [5.74, 6) is 4.30. The van der Waals surface area contributed by atoms with Crippen molar-refractivity contribution in [2.24, 2.45) is 0 Å². The molecule has 16 rings (SSSR count). The number of rotatable bonds is 18. The number of H-pyrrole nitrogens is 8. The molecule has 43 heteroatoms. The van der Waals surface area contributed by atoms with Crippen LogP contribution in [0.15, 0.2) is 95.6 Å². The summed E-state index contributed by atoms with van der Waals surface area (Å²) in [4.78, 5) is 95.6. The Balaban J connectivity index is 0.000000123. The van der Waals surface area contributed by atoms with E-state index in [1.165, 1.54) is 31.2 Å². The lowest BCUT2D eigenvalue weighted by atomic mass is 10.2. The molecule has 0 atom stereocenters. The number of nitrogens with zero attached hydrogens (tertiary/aromatic N) is 16. The molecule has 0 saturated heterocycles. The topological polar surface area (TPSA) is 574 Å². The predicted molar refractivity (Wildman–Crippen MR) is 351 cm³/mol. The molecule has 15 N–H and O–H groups in total. The maximum absolute atomic E-state index is 11.7. The molecule has 4 aliphatic carbocycles. The third-order valence-corrected chi connectivity index (χ3v) is 15.6. The van der Waals surface area contributed by atoms with Gasteiger partial charge in [-0.25, -0.2) is 39.9 Å². The molecule has 0 spiro atoms. The summed E-state index contributed by atoms with van der Waals surface area (Å²) in [6.07, 6.45) is 14.0. The smallest absolute Gasteiger partial charge is 0.353 e. The van der Waals surface area contributed by atoms with Crippen LogP contribution in [0.3, 0.4) is 0 Å². The maximum atomic E-state index is 11.7. The summed E-state index contributed by atoms with van der Waals surface area (Å²) >= 11 is 16.4. The van der Waals surface area contributed by atoms with Crippen LogP contribution in [0.4, 0.5) is 86.5 Å². The number of benzene rings is 2. The van der Waals surface area contributed by atoms with Crippen molar-refractivity contribution >= 4 is 143 Å². The van der Waals surface area contributed by atoms with Crippen LogP contribution < -0.4 is 43.4 Å². The number of hydrogen-bond donors (Lipinski definition) is 14. The molecule has 0 amide bonds. The number of aromatic nitrogens is 20. The molecule has 4 aliphatic rings. The fraction of sp³-hybridized carbons (Fsp3) is 0.222. The lowest BCUT2D eigenvalue weighted by molar-refractivity contribution is -0.385. The molecule has 97 heavy (non-hydrogen) atoms. The van der Waals surface area contributed by atoms with Crippen molar-refractivity contribution in [2.75, 3.05) is 32.3 Å². The van der Waals surface area contributed by atoms with Crippen molar-refractivity contribution in [1.82, 2.24) is 101 Å². The molecule has 0 bridgehead atoms. The molecular weight excluding hydrogens is 1340 g/mol. The van der Waals surface area contributed by atoms with Gasteiger partial charge in [-0.3, -0.25) is 90.8 Å². The molecule has 496 valence electrons. The van der Waals surface area contributed by atoms with E-state index < -0.39 is 25.4 Å². The number of nitro groups is 4. The predicted octanol–water partition coefficient (Wildman–Crippen LogP) is 10.2. The van der Waals surface area contributed by atoms with Gasteiger partial charge in [-0.05, 0) is 87.8 Å². The Morgan fingerprint density at radius 2 is 0.701 bits per heavy atom. The Hall–Kier alpha value is -12.6. The second-order valence-corrected chi connectivity index (χ2v) is 22.9. The fourth-order valence-corrected chi connectivity index (χ4v) is 10.1. The quantitative estimate of drug-likeness (QED) is 0.0216. The van der Waals surface area contributed by atoms with E-state index in [1.54, 1.807) is 36.4 Å². The zero-order valence-electron chi connectivity index (χ0n) is 49.5. The monoisotopic (exact) mass is 1380 g/mol. The number of nitrogens with two attached hydrogens (primary N) is 1. The SMILES string of the molecule is Nc1cc(C2CC2)[nH]n1.O=[N+]([O-])c1c(Cl)ncnc1Cl.O=[N+]([O-])c1c(Cl)ncnc1Nc1cc(C2CC2)[nH]n1.O=c1[nH][nH]c2cc(Nc3ncnc(Nc4cc(C5CC5)[nH]n4)c3[N+](=O)[O-])ccc12.O=c1[nH][nH]c2cc(Nc3ncnc(Nc4cc(C5CC5)[nH]n4)c3[N+](=O)[O-])ccc12. The Kier molecular flexibility index (Phi) is 18.6. The maximum Gasteiger partial charge on any atom is 0.353 e. The molecule has 40 nitrogen and oxygen atoms in total. The van der Waals surface area contributed by atoms with Gasteiger partial charge in [0.05, 0.1) is 41.5 Å². The van der Waals surface area contributed by atoms with Crippen molar-refractivity contribution in [3.05, 3.63) is 185 Å². The summed E-state index contributed by atoms with van der Waals surface area (Å²) in [6.45, 7) is 0. The number of fused-ring (bicyclic) bond motifs is 2. The molecule has 0 radical (unpaired) electrons. The van der Waals surface area contributed by atoms with Crippen LogP contribution in [0.1, 0.15) is 97.8 Å². The number of nitrogens with one attached hydrogen (secondary N) is 13. The summed E-state index contributed by atoms with van der Waals surface area (Å²) in [5.41, 5.74) is 9.87. The van der Waals surface area contributed by atoms with Gasteiger partial charge < -0.3 is 32.3 Å². The van der Waals surface area contributed by atoms with Gasteiger partial charge in [0, 0.05) is 82.1 Å². The van der Waals surface area contributed by atoms with Gasteiger partial charge in [-0.2, -0.15) is 20.4 Å². The van der Waals surface area contributed by atoms with E-state index in [4.69, 9.17) is 40.5 Å². The zero-order chi connectivity index (χ0) is 68.0. The first-order valence-electron chi connectivity index (χ1n) is 29.0. The molecule has 12 aromatic rings. The third kappa shape index (κ3) is 15.7. The van der Waals surface area contributed by atoms with Crippen molar-refractivity contribution in [3.8, 4) is 0 Å². The van der Waals surface area contributed by atoms with Gasteiger partial charge in [0.25, 0.3) is 11.1 Å². The minimum atomic E-state index is -0.731. The van der Waals surface area contributed by atoms with Gasteiger partial charge >= 0.3 is 22.7 Å². The highest BCUT2D eigenvalue weighted by Crippen LogP contribution is 2.44. The summed E-state index contributed by atoms with van der Waals surface area (Å²) in [5, 5.41) is 97.5. The molecule has 10 heterocycles. The number of anilines is 11. The minimum absolute atomic E-state index is 0.0164. The Bertz CT molecular complexity index is 4830. The highest BCUT2D eigenvalue weighted by Gasteiger charge is 2.31. The van der Waals surface area contributed by atoms with Crippen LogP contribution >= 0.6 is 34.8 Å². The Morgan fingerprint density at radius 3 is 1.03 bits per heavy atom. The summed E-state index contributed by atoms with van der Waals surface area (Å²) in [6, 6.07) is 17.2. The Labute approximate surface area is 554 Å². The van der Waals surface area contributed by atoms with E-state index in [2.05, 4.69) is 128 Å². The van der Waals surface area contributed by atoms with Gasteiger partial charge in [-0.15, -0.1) is 0 Å². The van der Waals surface area contributed by atoms with Gasteiger partial charge in [-0.1, -0.05) is 34.8 Å². The average molecular weight is 1380 g/mol. The number of hydrogen-bond acceptors (Lipinski definition) is 28. The van der Waals surface area contributed by atoms with Crippen LogP contribution in [-0.4, -0.2) is 121 Å². The molecule has 10 aromatic heterocycles. The molecular formula is C54H49Cl3N30O10. The highest BCUT2D eigenvalue weighted by molar-refractivity contribution is 6.36. The average Bonchev–Trinajstić information content (AvgIpc) is 1.89. The summed E-state index contributed by atoms with van der Waals surface area (Å²) in [7, 11) is 0. The van der Waals surface area contributed by atoms with Crippen LogP contribution in [-0.2, 0) is 0 Å². The molecule has 0 unspecified atom stereocenters. The van der Waals surface area contributed by atoms with E-state index >= 15 is 0 Å². The van der Waals surface area contributed by atoms with E-state index in [0.29, 0.717) is 74.2 Å². The van der Waals surface area contributed by atoms with E-state index in [9.17, 15) is 50.0 Å². The number of nitrogen functional groups attached to an aromatic ring is 1. The van der Waals surface area contributed by atoms with Gasteiger partial charge in [0.1, 0.15) is 31.1 Å². The second-order valence-electron chi connectivity index (χ2n) is 21.8. The van der Waals surface area contributed by atoms with E-state index in [0.717, 1.165) is 74.2 Å². The van der Waals surface area contributed by atoms with Crippen molar-refractivity contribution in [1.29, 1.82) is 0 Å². The van der Waals surface area contributed by atoms with Crippen molar-refractivity contribution in [2.45, 2.75) is 75.0 Å². The van der Waals surface area contributed by atoms with Crippen LogP contribution in [0.2, 0.25) is 15.5 Å². The summed E-state index contributed by atoms with van der Waals surface area (Å²) < 4.78 is 0. The molecule has 4 fully saturated rings. The minimum Gasteiger partial charge on any atom is -0.382 e. The fourth-order valence-electron chi connectivity index (χ4n) is 9.40. The molecule has 0 aliphatic heterocycles. The standard InChI is InChI=1S/2C17H15N9O3.C10H9ClN6O2.C6H9N3.C4HCl2N3O2/c2*27-17-10-4-3-9(5-12(10)23-25-17)20-15-14(26(28)29)16(19-7-18-15)21-13-6-11(22-24-13)8-1-2-8;11-9-8(17(18)19)10(13-4-12-9)14-7-3-6(15-16-7)5-1-2-5;7-6-3-5(8-9-6)4-1-2-4;5-3-2(9(10)11)4(6)8-1-7-3/h2*3-8H,1-2H2,(H2,23,25,27)(H3,18,19,20,21,22,24);3-5H,1-2H2,(H2,12,13,14,15,16);3-4H,1-2H2,(H3,7,8,9);1H. The molecule has 2 aromatic carbocycles. The second kappa shape index (κ2) is 27.9. The van der Waals surface area contributed by atoms with Crippen LogP contribution in [0.25, 0.3) is 21.8 Å². The first kappa shape index (κ1) is 64.5. The first-order valence-corrected chi connectivity index (χ1v) is 30.1. The van der Waals surface area contributed by atoms with Crippen LogP contribution in [0, 0.1) is 40.5 Å². The number of aromatic amines is 8. The molecule has 4 saturated carbocycles. The third-order valence-electron chi connectivity index (χ3n) is 14.8.